The van der Waals surface area contributed by atoms with Gasteiger partial charge in [0.25, 0.3) is 0 Å². The van der Waals surface area contributed by atoms with E-state index in [4.69, 9.17) is 4.74 Å². The molecule has 34 heavy (non-hydrogen) atoms. The van der Waals surface area contributed by atoms with Gasteiger partial charge in [-0.25, -0.2) is 9.97 Å². The third kappa shape index (κ3) is 3.59. The van der Waals surface area contributed by atoms with E-state index in [0.717, 1.165) is 66.7 Å². The van der Waals surface area contributed by atoms with E-state index in [1.807, 2.05) is 19.3 Å². The van der Waals surface area contributed by atoms with Crippen LogP contribution in [0.15, 0.2) is 18.5 Å². The van der Waals surface area contributed by atoms with Gasteiger partial charge >= 0.3 is 0 Å². The molecule has 176 valence electrons. The van der Waals surface area contributed by atoms with E-state index in [9.17, 15) is 4.79 Å². The van der Waals surface area contributed by atoms with Crippen LogP contribution < -0.4 is 25.6 Å². The van der Waals surface area contributed by atoms with Gasteiger partial charge < -0.3 is 25.6 Å². The second kappa shape index (κ2) is 8.19. The fraction of sp³-hybridized carbons (Fsp3) is 0.417. The predicted octanol–water partition coefficient (Wildman–Crippen LogP) is 2.07. The van der Waals surface area contributed by atoms with Gasteiger partial charge in [0.2, 0.25) is 11.8 Å². The first kappa shape index (κ1) is 20.8. The minimum absolute atomic E-state index is 0.00600. The first-order chi connectivity index (χ1) is 16.6. The van der Waals surface area contributed by atoms with Gasteiger partial charge in [-0.15, -0.1) is 0 Å². The molecule has 0 unspecified atom stereocenters. The van der Waals surface area contributed by atoms with E-state index in [1.54, 1.807) is 4.68 Å². The largest absolute Gasteiger partial charge is 0.474 e. The Balaban J connectivity index is 1.25. The molecule has 0 aliphatic carbocycles. The Morgan fingerprint density at radius 2 is 1.94 bits per heavy atom. The van der Waals surface area contributed by atoms with E-state index in [-0.39, 0.29) is 12.5 Å². The Morgan fingerprint density at radius 3 is 2.85 bits per heavy atom. The maximum atomic E-state index is 11.9. The monoisotopic (exact) mass is 460 g/mol. The predicted molar refractivity (Wildman–Crippen MR) is 129 cm³/mol. The zero-order valence-electron chi connectivity index (χ0n) is 19.4. The second-order valence-corrected chi connectivity index (χ2v) is 9.04. The molecule has 1 amide bonds. The van der Waals surface area contributed by atoms with Crippen LogP contribution in [0.3, 0.4) is 0 Å². The number of amides is 1. The van der Waals surface area contributed by atoms with Gasteiger partial charge in [0, 0.05) is 55.6 Å². The molecule has 0 saturated heterocycles. The van der Waals surface area contributed by atoms with Crippen molar-refractivity contribution in [3.8, 4) is 5.88 Å². The first-order valence-electron chi connectivity index (χ1n) is 11.8. The molecule has 0 spiro atoms. The van der Waals surface area contributed by atoms with Crippen LogP contribution in [0.1, 0.15) is 27.9 Å². The van der Waals surface area contributed by atoms with Gasteiger partial charge in [0.15, 0.2) is 5.82 Å². The quantitative estimate of drug-likeness (QED) is 0.545. The SMILES string of the molecule is Cc1c(N2CCc3cnc(Nc4nn5c(c4C)CCNC(=O)C5)cc3C2)cnc2c1NCCO2. The van der Waals surface area contributed by atoms with Crippen LogP contribution in [-0.2, 0) is 30.7 Å². The molecule has 3 N–H and O–H groups in total. The molecule has 0 radical (unpaired) electrons. The molecule has 3 aliphatic heterocycles. The van der Waals surface area contributed by atoms with Gasteiger partial charge in [0.05, 0.1) is 11.9 Å². The van der Waals surface area contributed by atoms with Crippen molar-refractivity contribution < 1.29 is 9.53 Å². The third-order valence-electron chi connectivity index (χ3n) is 6.90. The van der Waals surface area contributed by atoms with Gasteiger partial charge in [0.1, 0.15) is 24.7 Å². The highest BCUT2D eigenvalue weighted by Crippen LogP contribution is 2.36. The molecule has 0 atom stereocenters. The Kier molecular flexibility index (Phi) is 5.00. The number of fused-ring (bicyclic) bond motifs is 3. The van der Waals surface area contributed by atoms with Crippen molar-refractivity contribution in [3.63, 3.8) is 0 Å². The number of aromatic nitrogens is 4. The van der Waals surface area contributed by atoms with Gasteiger partial charge in [-0.1, -0.05) is 0 Å². The molecule has 0 bridgehead atoms. The van der Waals surface area contributed by atoms with Crippen LogP contribution >= 0.6 is 0 Å². The number of hydrogen-bond donors (Lipinski definition) is 3. The zero-order chi connectivity index (χ0) is 23.2. The summed E-state index contributed by atoms with van der Waals surface area (Å²) < 4.78 is 7.48. The number of nitrogens with zero attached hydrogens (tertiary/aromatic N) is 5. The molecular formula is C24H28N8O2. The number of nitrogens with one attached hydrogen (secondary N) is 3. The highest BCUT2D eigenvalue weighted by Gasteiger charge is 2.24. The van der Waals surface area contributed by atoms with E-state index >= 15 is 0 Å². The molecular weight excluding hydrogens is 432 g/mol. The van der Waals surface area contributed by atoms with Crippen molar-refractivity contribution in [1.29, 1.82) is 0 Å². The number of anilines is 4. The standard InChI is InChI=1S/C24H28N8O2/c1-14-19(11-28-24-22(14)26-6-8-34-24)31-7-4-16-10-27-20(9-17(16)12-31)29-23-15(2)18-3-5-25-21(33)13-32(18)30-23/h9-11,26H,3-8,12-13H2,1-2H3,(H,25,33)(H,27,29,30). The van der Waals surface area contributed by atoms with Gasteiger partial charge in [-0.2, -0.15) is 5.10 Å². The summed E-state index contributed by atoms with van der Waals surface area (Å²) in [5.41, 5.74) is 7.93. The smallest absolute Gasteiger partial charge is 0.241 e. The third-order valence-corrected chi connectivity index (χ3v) is 6.90. The fourth-order valence-electron chi connectivity index (χ4n) is 5.03. The van der Waals surface area contributed by atoms with Crippen LogP contribution in [0, 0.1) is 13.8 Å². The summed E-state index contributed by atoms with van der Waals surface area (Å²) in [5, 5.41) is 14.4. The average molecular weight is 461 g/mol. The summed E-state index contributed by atoms with van der Waals surface area (Å²) in [4.78, 5) is 23.5. The lowest BCUT2D eigenvalue weighted by atomic mass is 10.0. The Bertz CT molecular complexity index is 1280. The fourth-order valence-corrected chi connectivity index (χ4v) is 5.03. The van der Waals surface area contributed by atoms with E-state index in [1.165, 1.54) is 16.7 Å². The Hall–Kier alpha value is -3.82. The molecule has 6 heterocycles. The maximum Gasteiger partial charge on any atom is 0.241 e. The summed E-state index contributed by atoms with van der Waals surface area (Å²) in [6.07, 6.45) is 5.58. The van der Waals surface area contributed by atoms with Crippen molar-refractivity contribution in [2.75, 3.05) is 41.8 Å². The number of carbonyl (C=O) groups is 1. The van der Waals surface area contributed by atoms with Crippen molar-refractivity contribution in [2.45, 2.75) is 39.8 Å². The molecule has 0 aromatic carbocycles. The van der Waals surface area contributed by atoms with Crippen LogP contribution in [0.25, 0.3) is 0 Å². The van der Waals surface area contributed by atoms with E-state index in [0.29, 0.717) is 19.0 Å². The minimum atomic E-state index is -0.00600. The minimum Gasteiger partial charge on any atom is -0.474 e. The molecule has 10 nitrogen and oxygen atoms in total. The highest BCUT2D eigenvalue weighted by molar-refractivity contribution is 5.76. The summed E-state index contributed by atoms with van der Waals surface area (Å²) in [7, 11) is 0. The summed E-state index contributed by atoms with van der Waals surface area (Å²) in [6.45, 7) is 8.19. The molecule has 3 aliphatic rings. The van der Waals surface area contributed by atoms with Gasteiger partial charge in [-0.3, -0.25) is 9.48 Å². The molecule has 0 saturated carbocycles. The van der Waals surface area contributed by atoms with E-state index < -0.39 is 0 Å². The van der Waals surface area contributed by atoms with Crippen LogP contribution in [0.2, 0.25) is 0 Å². The molecule has 10 heteroatoms. The first-order valence-corrected chi connectivity index (χ1v) is 11.8. The van der Waals surface area contributed by atoms with Crippen molar-refractivity contribution in [1.82, 2.24) is 25.1 Å². The van der Waals surface area contributed by atoms with Crippen molar-refractivity contribution in [3.05, 3.63) is 46.4 Å². The summed E-state index contributed by atoms with van der Waals surface area (Å²) >= 11 is 0. The molecule has 0 fully saturated rings. The average Bonchev–Trinajstić information content (AvgIpc) is 3.00. The van der Waals surface area contributed by atoms with Crippen LogP contribution in [0.4, 0.5) is 23.0 Å². The molecule has 6 rings (SSSR count). The molecule has 3 aromatic rings. The number of hydrogen-bond acceptors (Lipinski definition) is 8. The lowest BCUT2D eigenvalue weighted by Crippen LogP contribution is -2.32. The maximum absolute atomic E-state index is 11.9. The number of pyridine rings is 2. The lowest BCUT2D eigenvalue weighted by Gasteiger charge is -2.33. The van der Waals surface area contributed by atoms with Crippen LogP contribution in [-0.4, -0.2) is 51.9 Å². The summed E-state index contributed by atoms with van der Waals surface area (Å²) in [6, 6.07) is 2.11. The normalized spacial score (nSPS) is 16.9. The highest BCUT2D eigenvalue weighted by atomic mass is 16.5. The Labute approximate surface area is 197 Å². The molecule has 3 aromatic heterocycles. The number of rotatable bonds is 3. The lowest BCUT2D eigenvalue weighted by molar-refractivity contribution is -0.121. The zero-order valence-corrected chi connectivity index (χ0v) is 19.4. The topological polar surface area (TPSA) is 109 Å². The number of carbonyl (C=O) groups excluding carboxylic acids is 1. The van der Waals surface area contributed by atoms with Crippen molar-refractivity contribution >= 4 is 28.9 Å². The summed E-state index contributed by atoms with van der Waals surface area (Å²) in [5.74, 6) is 2.20. The second-order valence-electron chi connectivity index (χ2n) is 9.04. The number of ether oxygens (including phenoxy) is 1. The Morgan fingerprint density at radius 1 is 1.03 bits per heavy atom. The van der Waals surface area contributed by atoms with E-state index in [2.05, 4.69) is 48.9 Å². The van der Waals surface area contributed by atoms with Gasteiger partial charge in [-0.05, 0) is 37.5 Å². The van der Waals surface area contributed by atoms with Crippen LogP contribution in [0.5, 0.6) is 5.88 Å². The van der Waals surface area contributed by atoms with Crippen molar-refractivity contribution in [2.24, 2.45) is 0 Å².